The number of aromatic nitrogens is 1. The molecule has 2 aliphatic rings. The second kappa shape index (κ2) is 10.3. The molecule has 0 bridgehead atoms. The van der Waals surface area contributed by atoms with Crippen molar-refractivity contribution < 1.29 is 18.0 Å². The van der Waals surface area contributed by atoms with Crippen LogP contribution >= 0.6 is 0 Å². The summed E-state index contributed by atoms with van der Waals surface area (Å²) in [6.45, 7) is 5.90. The van der Waals surface area contributed by atoms with Crippen LogP contribution in [0.25, 0.3) is 10.9 Å². The van der Waals surface area contributed by atoms with Crippen molar-refractivity contribution in [2.45, 2.75) is 77.4 Å². The lowest BCUT2D eigenvalue weighted by Crippen LogP contribution is -2.38. The maximum atomic E-state index is 13.2. The Bertz CT molecular complexity index is 1210. The van der Waals surface area contributed by atoms with Gasteiger partial charge in [-0.15, -0.1) is 0 Å². The Hall–Kier alpha value is -2.39. The third-order valence-electron chi connectivity index (χ3n) is 7.24. The first kappa shape index (κ1) is 25.7. The van der Waals surface area contributed by atoms with E-state index < -0.39 is 10.0 Å². The highest BCUT2D eigenvalue weighted by Crippen LogP contribution is 2.35. The molecular formula is C26H38N4O4S. The van der Waals surface area contributed by atoms with Crippen LogP contribution in [0, 0.1) is 0 Å². The first-order valence-electron chi connectivity index (χ1n) is 12.7. The van der Waals surface area contributed by atoms with Crippen molar-refractivity contribution in [1.29, 1.82) is 0 Å². The average Bonchev–Trinajstić information content (AvgIpc) is 3.43. The number of benzene rings is 1. The van der Waals surface area contributed by atoms with Gasteiger partial charge in [0.15, 0.2) is 0 Å². The molecule has 9 heteroatoms. The number of rotatable bonds is 8. The number of nitrogens with one attached hydrogen (secondary N) is 1. The predicted octanol–water partition coefficient (Wildman–Crippen LogP) is 3.13. The average molecular weight is 503 g/mol. The highest BCUT2D eigenvalue weighted by atomic mass is 32.2. The van der Waals surface area contributed by atoms with E-state index in [4.69, 9.17) is 0 Å². The summed E-state index contributed by atoms with van der Waals surface area (Å²) < 4.78 is 26.9. The molecule has 0 saturated heterocycles. The molecule has 35 heavy (non-hydrogen) atoms. The molecular weight excluding hydrogens is 464 g/mol. The van der Waals surface area contributed by atoms with Gasteiger partial charge in [0.25, 0.3) is 5.91 Å². The topological polar surface area (TPSA) is 91.7 Å². The third kappa shape index (κ3) is 5.56. The summed E-state index contributed by atoms with van der Waals surface area (Å²) in [7, 11) is -1.74. The molecule has 1 aromatic heterocycles. The lowest BCUT2D eigenvalue weighted by Gasteiger charge is -2.32. The van der Waals surface area contributed by atoms with E-state index in [0.717, 1.165) is 29.7 Å². The van der Waals surface area contributed by atoms with Gasteiger partial charge in [-0.05, 0) is 56.9 Å². The number of hydrogen-bond donors (Lipinski definition) is 1. The van der Waals surface area contributed by atoms with Crippen LogP contribution < -0.4 is 5.32 Å². The number of fused-ring (bicyclic) bond motifs is 3. The van der Waals surface area contributed by atoms with Crippen LogP contribution in [0.1, 0.15) is 74.0 Å². The Morgan fingerprint density at radius 2 is 1.91 bits per heavy atom. The van der Waals surface area contributed by atoms with Gasteiger partial charge in [0.2, 0.25) is 15.9 Å². The standard InChI is InChI=1S/C26H38N4O4S/c1-18(2)27-25(31)10-7-14-28(3)26(32)19-11-12-23-21(16-19)22-17-29(20-8-5-6-9-20)15-13-24(22)30(23)35(4,33)34/h11-12,16,18,20H,5-10,13-15,17H2,1-4H3,(H,27,31). The molecule has 0 radical (unpaired) electrons. The van der Waals surface area contributed by atoms with E-state index in [-0.39, 0.29) is 17.9 Å². The largest absolute Gasteiger partial charge is 0.354 e. The minimum atomic E-state index is -3.48. The van der Waals surface area contributed by atoms with Gasteiger partial charge < -0.3 is 10.2 Å². The fourth-order valence-corrected chi connectivity index (χ4v) is 6.74. The Morgan fingerprint density at radius 3 is 2.57 bits per heavy atom. The molecule has 8 nitrogen and oxygen atoms in total. The minimum Gasteiger partial charge on any atom is -0.354 e. The number of carbonyl (C=O) groups excluding carboxylic acids is 2. The quantitative estimate of drug-likeness (QED) is 0.599. The van der Waals surface area contributed by atoms with Crippen LogP contribution in [-0.2, 0) is 27.8 Å². The number of nitrogens with zero attached hydrogens (tertiary/aromatic N) is 3. The van der Waals surface area contributed by atoms with Crippen molar-refractivity contribution in [1.82, 2.24) is 19.1 Å². The lowest BCUT2D eigenvalue weighted by atomic mass is 10.0. The Balaban J connectivity index is 1.58. The van der Waals surface area contributed by atoms with Gasteiger partial charge in [-0.1, -0.05) is 12.8 Å². The molecule has 4 rings (SSSR count). The maximum Gasteiger partial charge on any atom is 0.253 e. The number of carbonyl (C=O) groups is 2. The van der Waals surface area contributed by atoms with E-state index in [1.54, 1.807) is 24.1 Å². The molecule has 1 fully saturated rings. The van der Waals surface area contributed by atoms with Crippen LogP contribution in [0.4, 0.5) is 0 Å². The number of amides is 2. The maximum absolute atomic E-state index is 13.2. The third-order valence-corrected chi connectivity index (χ3v) is 8.32. The van der Waals surface area contributed by atoms with Gasteiger partial charge in [0.1, 0.15) is 0 Å². The summed E-state index contributed by atoms with van der Waals surface area (Å²) in [6.07, 6.45) is 7.80. The van der Waals surface area contributed by atoms with Crippen molar-refractivity contribution in [2.75, 3.05) is 26.4 Å². The van der Waals surface area contributed by atoms with Crippen LogP contribution in [0.2, 0.25) is 0 Å². The van der Waals surface area contributed by atoms with E-state index in [1.807, 2.05) is 19.9 Å². The van der Waals surface area contributed by atoms with Crippen LogP contribution in [-0.4, -0.2) is 72.5 Å². The van der Waals surface area contributed by atoms with Crippen molar-refractivity contribution in [3.8, 4) is 0 Å². The molecule has 1 aliphatic heterocycles. The molecule has 1 saturated carbocycles. The molecule has 2 aromatic rings. The SMILES string of the molecule is CC(C)NC(=O)CCCN(C)C(=O)c1ccc2c(c1)c1c(n2S(C)(=O)=O)CCN(C2CCCC2)C1. The summed E-state index contributed by atoms with van der Waals surface area (Å²) in [6, 6.07) is 6.01. The van der Waals surface area contributed by atoms with Crippen LogP contribution in [0.5, 0.6) is 0 Å². The zero-order valence-corrected chi connectivity index (χ0v) is 22.2. The minimum absolute atomic E-state index is 0.0113. The second-order valence-electron chi connectivity index (χ2n) is 10.4. The molecule has 2 amide bonds. The number of hydrogen-bond acceptors (Lipinski definition) is 5. The van der Waals surface area contributed by atoms with Gasteiger partial charge in [-0.25, -0.2) is 12.4 Å². The first-order valence-corrected chi connectivity index (χ1v) is 14.6. The van der Waals surface area contributed by atoms with Gasteiger partial charge >= 0.3 is 0 Å². The zero-order valence-electron chi connectivity index (χ0n) is 21.3. The lowest BCUT2D eigenvalue weighted by molar-refractivity contribution is -0.121. The summed E-state index contributed by atoms with van der Waals surface area (Å²) in [4.78, 5) is 29.2. The summed E-state index contributed by atoms with van der Waals surface area (Å²) in [5.41, 5.74) is 3.07. The monoisotopic (exact) mass is 502 g/mol. The summed E-state index contributed by atoms with van der Waals surface area (Å²) in [5.74, 6) is -0.136. The molecule has 0 spiro atoms. The second-order valence-corrected chi connectivity index (χ2v) is 12.2. The summed E-state index contributed by atoms with van der Waals surface area (Å²) >= 11 is 0. The van der Waals surface area contributed by atoms with Crippen molar-refractivity contribution in [2.24, 2.45) is 0 Å². The van der Waals surface area contributed by atoms with Crippen molar-refractivity contribution in [3.05, 3.63) is 35.0 Å². The Morgan fingerprint density at radius 1 is 1.20 bits per heavy atom. The smallest absolute Gasteiger partial charge is 0.253 e. The Kier molecular flexibility index (Phi) is 7.57. The molecule has 0 unspecified atom stereocenters. The highest BCUT2D eigenvalue weighted by Gasteiger charge is 2.32. The van der Waals surface area contributed by atoms with Crippen molar-refractivity contribution >= 4 is 32.7 Å². The van der Waals surface area contributed by atoms with Gasteiger partial charge in [-0.3, -0.25) is 14.5 Å². The van der Waals surface area contributed by atoms with Gasteiger partial charge in [-0.2, -0.15) is 0 Å². The fraction of sp³-hybridized carbons (Fsp3) is 0.615. The van der Waals surface area contributed by atoms with E-state index in [9.17, 15) is 18.0 Å². The zero-order chi connectivity index (χ0) is 25.3. The molecule has 1 N–H and O–H groups in total. The first-order chi connectivity index (χ1) is 16.6. The van der Waals surface area contributed by atoms with Crippen LogP contribution in [0.3, 0.4) is 0 Å². The molecule has 0 atom stereocenters. The normalized spacial score (nSPS) is 17.2. The fourth-order valence-electron chi connectivity index (χ4n) is 5.62. The van der Waals surface area contributed by atoms with Gasteiger partial charge in [0, 0.05) is 68.3 Å². The van der Waals surface area contributed by atoms with E-state index in [2.05, 4.69) is 10.2 Å². The van der Waals surface area contributed by atoms with Gasteiger partial charge in [0.05, 0.1) is 11.8 Å². The molecule has 1 aliphatic carbocycles. The summed E-state index contributed by atoms with van der Waals surface area (Å²) in [5, 5.41) is 3.72. The molecule has 1 aromatic carbocycles. The van der Waals surface area contributed by atoms with E-state index in [1.165, 1.54) is 35.9 Å². The van der Waals surface area contributed by atoms with E-state index in [0.29, 0.717) is 42.9 Å². The Labute approximate surface area is 208 Å². The molecule has 192 valence electrons. The van der Waals surface area contributed by atoms with Crippen molar-refractivity contribution in [3.63, 3.8) is 0 Å². The van der Waals surface area contributed by atoms with E-state index >= 15 is 0 Å². The predicted molar refractivity (Wildman–Crippen MR) is 138 cm³/mol. The van der Waals surface area contributed by atoms with Crippen LogP contribution in [0.15, 0.2) is 18.2 Å². The molecule has 2 heterocycles. The highest BCUT2D eigenvalue weighted by molar-refractivity contribution is 7.89.